The fourth-order valence-corrected chi connectivity index (χ4v) is 4.87. The van der Waals surface area contributed by atoms with Crippen LogP contribution in [0.15, 0.2) is 55.0 Å². The molecule has 0 aliphatic carbocycles. The molecule has 0 bridgehead atoms. The minimum atomic E-state index is 0.182. The van der Waals surface area contributed by atoms with Gasteiger partial charge in [0, 0.05) is 30.6 Å². The van der Waals surface area contributed by atoms with E-state index < -0.39 is 0 Å². The molecule has 1 aliphatic rings. The molecule has 3 heterocycles. The number of rotatable bonds is 9. The second kappa shape index (κ2) is 10.9. The van der Waals surface area contributed by atoms with Crippen molar-refractivity contribution in [2.75, 3.05) is 7.11 Å². The second-order valence-electron chi connectivity index (χ2n) is 9.58. The Kier molecular flexibility index (Phi) is 7.30. The van der Waals surface area contributed by atoms with Crippen LogP contribution in [0.2, 0.25) is 0 Å². The maximum absolute atomic E-state index is 12.4. The molecule has 7 heteroatoms. The molecule has 0 fully saturated rings. The summed E-state index contributed by atoms with van der Waals surface area (Å²) in [7, 11) is 1.68. The fourth-order valence-electron chi connectivity index (χ4n) is 4.87. The van der Waals surface area contributed by atoms with Crippen LogP contribution in [0, 0.1) is 6.92 Å². The van der Waals surface area contributed by atoms with Crippen molar-refractivity contribution in [3.05, 3.63) is 89.0 Å². The van der Waals surface area contributed by atoms with Crippen molar-refractivity contribution >= 4 is 17.9 Å². The number of aromatic nitrogens is 5. The van der Waals surface area contributed by atoms with E-state index in [9.17, 15) is 4.79 Å². The van der Waals surface area contributed by atoms with Crippen LogP contribution in [0.4, 0.5) is 0 Å². The summed E-state index contributed by atoms with van der Waals surface area (Å²) < 4.78 is 9.62. The van der Waals surface area contributed by atoms with Gasteiger partial charge in [-0.2, -0.15) is 5.10 Å². The highest BCUT2D eigenvalue weighted by atomic mass is 16.5. The van der Waals surface area contributed by atoms with Crippen LogP contribution in [0.3, 0.4) is 0 Å². The average molecular weight is 496 g/mol. The quantitative estimate of drug-likeness (QED) is 0.257. The van der Waals surface area contributed by atoms with Gasteiger partial charge < -0.3 is 9.30 Å². The van der Waals surface area contributed by atoms with Crippen molar-refractivity contribution < 1.29 is 9.53 Å². The Hall–Kier alpha value is -4.00. The molecular weight excluding hydrogens is 462 g/mol. The standard InChI is InChI=1S/C30H33N5O2/c1-4-5-8-27(36)24-13-11-23(12-14-24)25-7-6-17-35-30(25)32-29(33-35)16-10-22-9-15-26(28(18-22)37-3)34-19-21(2)31-20-34/h9-16,18-20,25H,4-8,17H2,1-3H3/b16-10+/t25-/m1/s1. The Balaban J connectivity index is 1.34. The van der Waals surface area contributed by atoms with Crippen LogP contribution in [0.1, 0.15) is 83.8 Å². The molecule has 1 atom stereocenters. The molecule has 0 amide bonds. The van der Waals surface area contributed by atoms with Crippen molar-refractivity contribution in [2.24, 2.45) is 0 Å². The number of Topliss-reactive ketones (excluding diaryl/α,β-unsaturated/α-hetero) is 1. The molecule has 4 aromatic rings. The molecule has 190 valence electrons. The van der Waals surface area contributed by atoms with Gasteiger partial charge in [0.15, 0.2) is 11.6 Å². The highest BCUT2D eigenvalue weighted by Crippen LogP contribution is 2.33. The van der Waals surface area contributed by atoms with E-state index in [0.717, 1.165) is 66.3 Å². The smallest absolute Gasteiger partial charge is 0.174 e. The lowest BCUT2D eigenvalue weighted by Crippen LogP contribution is -2.18. The monoisotopic (exact) mass is 495 g/mol. The Bertz CT molecular complexity index is 1410. The number of hydrogen-bond acceptors (Lipinski definition) is 5. The van der Waals surface area contributed by atoms with Crippen molar-refractivity contribution in [3.63, 3.8) is 0 Å². The van der Waals surface area contributed by atoms with Crippen LogP contribution in [0.5, 0.6) is 5.75 Å². The summed E-state index contributed by atoms with van der Waals surface area (Å²) in [5, 5.41) is 4.75. The molecule has 0 unspecified atom stereocenters. The lowest BCUT2D eigenvalue weighted by Gasteiger charge is -2.22. The number of aryl methyl sites for hydroxylation is 2. The van der Waals surface area contributed by atoms with Gasteiger partial charge in [-0.25, -0.2) is 14.6 Å². The molecule has 1 aliphatic heterocycles. The Morgan fingerprint density at radius 3 is 2.73 bits per heavy atom. The average Bonchev–Trinajstić information content (AvgIpc) is 3.56. The van der Waals surface area contributed by atoms with Crippen molar-refractivity contribution in [3.8, 4) is 11.4 Å². The van der Waals surface area contributed by atoms with E-state index in [-0.39, 0.29) is 11.7 Å². The Morgan fingerprint density at radius 1 is 1.16 bits per heavy atom. The van der Waals surface area contributed by atoms with E-state index in [1.165, 1.54) is 5.56 Å². The number of imidazole rings is 1. The van der Waals surface area contributed by atoms with E-state index in [4.69, 9.17) is 14.8 Å². The molecule has 37 heavy (non-hydrogen) atoms. The van der Waals surface area contributed by atoms with Crippen molar-refractivity contribution in [2.45, 2.75) is 58.4 Å². The summed E-state index contributed by atoms with van der Waals surface area (Å²) in [5.74, 6) is 2.85. The van der Waals surface area contributed by atoms with E-state index in [1.54, 1.807) is 13.4 Å². The number of fused-ring (bicyclic) bond motifs is 1. The maximum atomic E-state index is 12.4. The lowest BCUT2D eigenvalue weighted by molar-refractivity contribution is 0.0979. The van der Waals surface area contributed by atoms with Gasteiger partial charge in [-0.05, 0) is 55.5 Å². The van der Waals surface area contributed by atoms with Crippen LogP contribution in [0.25, 0.3) is 17.8 Å². The molecule has 2 aromatic carbocycles. The molecule has 5 rings (SSSR count). The maximum Gasteiger partial charge on any atom is 0.174 e. The van der Waals surface area contributed by atoms with Crippen LogP contribution < -0.4 is 4.74 Å². The molecule has 0 N–H and O–H groups in total. The number of carbonyl (C=O) groups is 1. The highest BCUT2D eigenvalue weighted by Gasteiger charge is 2.25. The normalized spacial score (nSPS) is 15.2. The van der Waals surface area contributed by atoms with Crippen molar-refractivity contribution in [1.82, 2.24) is 24.3 Å². The number of methoxy groups -OCH3 is 1. The number of nitrogens with zero attached hydrogens (tertiary/aromatic N) is 5. The minimum absolute atomic E-state index is 0.182. The number of ketones is 1. The van der Waals surface area contributed by atoms with Gasteiger partial charge in [-0.3, -0.25) is 4.79 Å². The van der Waals surface area contributed by atoms with Crippen LogP contribution >= 0.6 is 0 Å². The minimum Gasteiger partial charge on any atom is -0.495 e. The van der Waals surface area contributed by atoms with Crippen LogP contribution in [-0.2, 0) is 6.54 Å². The molecule has 0 saturated heterocycles. The molecule has 7 nitrogen and oxygen atoms in total. The molecule has 0 spiro atoms. The first-order valence-electron chi connectivity index (χ1n) is 13.0. The van der Waals surface area contributed by atoms with Gasteiger partial charge >= 0.3 is 0 Å². The zero-order valence-electron chi connectivity index (χ0n) is 21.7. The first-order valence-corrected chi connectivity index (χ1v) is 13.0. The summed E-state index contributed by atoms with van der Waals surface area (Å²) in [4.78, 5) is 21.6. The van der Waals surface area contributed by atoms with E-state index in [2.05, 4.69) is 24.0 Å². The Morgan fingerprint density at radius 2 is 2.00 bits per heavy atom. The van der Waals surface area contributed by atoms with Gasteiger partial charge in [0.25, 0.3) is 0 Å². The summed E-state index contributed by atoms with van der Waals surface area (Å²) >= 11 is 0. The first-order chi connectivity index (χ1) is 18.1. The summed E-state index contributed by atoms with van der Waals surface area (Å²) in [6.45, 7) is 4.94. The third-order valence-electron chi connectivity index (χ3n) is 6.90. The summed E-state index contributed by atoms with van der Waals surface area (Å²) in [6, 6.07) is 14.2. The second-order valence-corrected chi connectivity index (χ2v) is 9.58. The van der Waals surface area contributed by atoms with Crippen LogP contribution in [-0.4, -0.2) is 37.2 Å². The van der Waals surface area contributed by atoms with Crippen molar-refractivity contribution in [1.29, 1.82) is 0 Å². The van der Waals surface area contributed by atoms with E-state index >= 15 is 0 Å². The Labute approximate surface area is 217 Å². The number of carbonyl (C=O) groups excluding carboxylic acids is 1. The fraction of sp³-hybridized carbons (Fsp3) is 0.333. The largest absolute Gasteiger partial charge is 0.495 e. The zero-order valence-corrected chi connectivity index (χ0v) is 21.7. The SMILES string of the molecule is CCCCC(=O)c1ccc([C@H]2CCCn3nc(/C=C/c4ccc(-n5cnc(C)c5)c(OC)c4)nc32)cc1. The van der Waals surface area contributed by atoms with E-state index in [0.29, 0.717) is 12.2 Å². The third-order valence-corrected chi connectivity index (χ3v) is 6.90. The number of unbranched alkanes of at least 4 members (excludes halogenated alkanes) is 1. The number of ether oxygens (including phenoxy) is 1. The molecular formula is C30H33N5O2. The third kappa shape index (κ3) is 5.40. The van der Waals surface area contributed by atoms with Gasteiger partial charge in [0.1, 0.15) is 11.6 Å². The van der Waals surface area contributed by atoms with Gasteiger partial charge in [0.2, 0.25) is 0 Å². The lowest BCUT2D eigenvalue weighted by atomic mass is 9.90. The molecule has 2 aromatic heterocycles. The van der Waals surface area contributed by atoms with Gasteiger partial charge in [-0.1, -0.05) is 49.8 Å². The summed E-state index contributed by atoms with van der Waals surface area (Å²) in [6.07, 6.45) is 12.4. The van der Waals surface area contributed by atoms with E-state index in [1.807, 2.05) is 64.9 Å². The first kappa shape index (κ1) is 24.7. The van der Waals surface area contributed by atoms with Gasteiger partial charge in [-0.15, -0.1) is 0 Å². The molecule has 0 radical (unpaired) electrons. The number of benzene rings is 2. The van der Waals surface area contributed by atoms with Gasteiger partial charge in [0.05, 0.1) is 24.8 Å². The highest BCUT2D eigenvalue weighted by molar-refractivity contribution is 5.96. The summed E-state index contributed by atoms with van der Waals surface area (Å²) in [5.41, 5.74) is 4.88. The predicted molar refractivity (Wildman–Crippen MR) is 145 cm³/mol. The topological polar surface area (TPSA) is 74.8 Å². The number of hydrogen-bond donors (Lipinski definition) is 0. The predicted octanol–water partition coefficient (Wildman–Crippen LogP) is 6.25. The zero-order chi connectivity index (χ0) is 25.8. The molecule has 0 saturated carbocycles.